The van der Waals surface area contributed by atoms with Gasteiger partial charge in [-0.1, -0.05) is 41.1 Å². The summed E-state index contributed by atoms with van der Waals surface area (Å²) in [7, 11) is 0. The highest BCUT2D eigenvalue weighted by Gasteiger charge is 2.14. The second-order valence-electron chi connectivity index (χ2n) is 5.39. The summed E-state index contributed by atoms with van der Waals surface area (Å²) in [5.41, 5.74) is 4.81. The molecule has 21 heavy (non-hydrogen) atoms. The molecule has 1 nitrogen and oxygen atoms in total. The lowest BCUT2D eigenvalue weighted by atomic mass is 9.96. The van der Waals surface area contributed by atoms with E-state index < -0.39 is 0 Å². The smallest absolute Gasteiger partial charge is 0.123 e. The summed E-state index contributed by atoms with van der Waals surface area (Å²) >= 11 is 3.51. The van der Waals surface area contributed by atoms with Crippen molar-refractivity contribution in [2.45, 2.75) is 33.2 Å². The SMILES string of the molecule is CCNC(Cc1cc(F)ccc1Br)c1ccc(C)c(C)c1. The normalized spacial score (nSPS) is 12.4. The Morgan fingerprint density at radius 2 is 1.86 bits per heavy atom. The zero-order valence-electron chi connectivity index (χ0n) is 12.7. The first kappa shape index (κ1) is 16.2. The van der Waals surface area contributed by atoms with Gasteiger partial charge in [0, 0.05) is 10.5 Å². The molecule has 0 heterocycles. The first-order chi connectivity index (χ1) is 10.0. The molecule has 0 fully saturated rings. The van der Waals surface area contributed by atoms with Crippen LogP contribution >= 0.6 is 15.9 Å². The van der Waals surface area contributed by atoms with Crippen molar-refractivity contribution >= 4 is 15.9 Å². The number of hydrogen-bond donors (Lipinski definition) is 1. The van der Waals surface area contributed by atoms with Crippen molar-refractivity contribution in [3.8, 4) is 0 Å². The van der Waals surface area contributed by atoms with Crippen LogP contribution in [0.1, 0.15) is 35.2 Å². The van der Waals surface area contributed by atoms with Gasteiger partial charge >= 0.3 is 0 Å². The minimum Gasteiger partial charge on any atom is -0.310 e. The maximum atomic E-state index is 13.5. The fourth-order valence-corrected chi connectivity index (χ4v) is 2.86. The van der Waals surface area contributed by atoms with E-state index in [0.717, 1.165) is 23.0 Å². The number of hydrogen-bond acceptors (Lipinski definition) is 1. The molecule has 0 saturated heterocycles. The maximum Gasteiger partial charge on any atom is 0.123 e. The standard InChI is InChI=1S/C18H21BrFN/c1-4-21-18(14-6-5-12(2)13(3)9-14)11-15-10-16(20)7-8-17(15)19/h5-10,18,21H,4,11H2,1-3H3. The Bertz CT molecular complexity index is 625. The summed E-state index contributed by atoms with van der Waals surface area (Å²) in [4.78, 5) is 0. The van der Waals surface area contributed by atoms with Crippen LogP contribution in [0.15, 0.2) is 40.9 Å². The van der Waals surface area contributed by atoms with Gasteiger partial charge in [0.15, 0.2) is 0 Å². The maximum absolute atomic E-state index is 13.5. The predicted octanol–water partition coefficient (Wildman–Crippen LogP) is 5.10. The summed E-state index contributed by atoms with van der Waals surface area (Å²) in [6.07, 6.45) is 0.759. The highest BCUT2D eigenvalue weighted by atomic mass is 79.9. The Morgan fingerprint density at radius 3 is 2.52 bits per heavy atom. The quantitative estimate of drug-likeness (QED) is 0.791. The minimum atomic E-state index is -0.191. The third kappa shape index (κ3) is 4.14. The average Bonchev–Trinajstić information content (AvgIpc) is 2.45. The van der Waals surface area contributed by atoms with Crippen LogP contribution in [0.5, 0.6) is 0 Å². The lowest BCUT2D eigenvalue weighted by molar-refractivity contribution is 0.545. The predicted molar refractivity (Wildman–Crippen MR) is 90.1 cm³/mol. The van der Waals surface area contributed by atoms with Gasteiger partial charge < -0.3 is 5.32 Å². The summed E-state index contributed by atoms with van der Waals surface area (Å²) in [6, 6.07) is 11.6. The zero-order chi connectivity index (χ0) is 15.4. The van der Waals surface area contributed by atoms with Crippen LogP contribution < -0.4 is 5.32 Å². The second kappa shape index (κ2) is 7.19. The van der Waals surface area contributed by atoms with E-state index in [0.29, 0.717) is 0 Å². The van der Waals surface area contributed by atoms with E-state index in [1.165, 1.54) is 22.8 Å². The van der Waals surface area contributed by atoms with Crippen LogP contribution in [-0.4, -0.2) is 6.54 Å². The van der Waals surface area contributed by atoms with Crippen molar-refractivity contribution < 1.29 is 4.39 Å². The van der Waals surface area contributed by atoms with Gasteiger partial charge in [0.05, 0.1) is 0 Å². The second-order valence-corrected chi connectivity index (χ2v) is 6.25. The fraction of sp³-hybridized carbons (Fsp3) is 0.333. The number of aryl methyl sites for hydroxylation is 2. The molecule has 0 spiro atoms. The molecule has 3 heteroatoms. The van der Waals surface area contributed by atoms with E-state index in [1.54, 1.807) is 12.1 Å². The summed E-state index contributed by atoms with van der Waals surface area (Å²) in [5, 5.41) is 3.50. The van der Waals surface area contributed by atoms with Crippen molar-refractivity contribution in [1.29, 1.82) is 0 Å². The fourth-order valence-electron chi connectivity index (χ4n) is 2.46. The van der Waals surface area contributed by atoms with Gasteiger partial charge in [0.1, 0.15) is 5.82 Å². The number of likely N-dealkylation sites (N-methyl/N-ethyl adjacent to an activating group) is 1. The molecule has 2 aromatic rings. The Kier molecular flexibility index (Phi) is 5.54. The Labute approximate surface area is 134 Å². The molecule has 0 radical (unpaired) electrons. The van der Waals surface area contributed by atoms with Crippen LogP contribution in [0.25, 0.3) is 0 Å². The van der Waals surface area contributed by atoms with Gasteiger partial charge in [-0.05, 0) is 67.3 Å². The monoisotopic (exact) mass is 349 g/mol. The first-order valence-corrected chi connectivity index (χ1v) is 8.05. The summed E-state index contributed by atoms with van der Waals surface area (Å²) < 4.78 is 14.4. The minimum absolute atomic E-state index is 0.187. The average molecular weight is 350 g/mol. The number of benzene rings is 2. The Hall–Kier alpha value is -1.19. The molecule has 0 aliphatic carbocycles. The molecule has 0 aliphatic rings. The summed E-state index contributed by atoms with van der Waals surface area (Å²) in [5.74, 6) is -0.191. The van der Waals surface area contributed by atoms with Gasteiger partial charge in [0.25, 0.3) is 0 Å². The number of halogens is 2. The molecule has 0 amide bonds. The topological polar surface area (TPSA) is 12.0 Å². The zero-order valence-corrected chi connectivity index (χ0v) is 14.3. The Balaban J connectivity index is 2.30. The number of nitrogens with one attached hydrogen (secondary N) is 1. The largest absolute Gasteiger partial charge is 0.310 e. The highest BCUT2D eigenvalue weighted by Crippen LogP contribution is 2.26. The third-order valence-corrected chi connectivity index (χ3v) is 4.59. The third-order valence-electron chi connectivity index (χ3n) is 3.82. The van der Waals surface area contributed by atoms with Crippen molar-refractivity contribution in [1.82, 2.24) is 5.32 Å². The lowest BCUT2D eigenvalue weighted by Gasteiger charge is -2.20. The molecule has 0 aliphatic heterocycles. The van der Waals surface area contributed by atoms with Crippen molar-refractivity contribution in [3.63, 3.8) is 0 Å². The van der Waals surface area contributed by atoms with Crippen molar-refractivity contribution in [2.24, 2.45) is 0 Å². The van der Waals surface area contributed by atoms with Gasteiger partial charge in [-0.25, -0.2) is 4.39 Å². The number of rotatable bonds is 5. The first-order valence-electron chi connectivity index (χ1n) is 7.25. The lowest BCUT2D eigenvalue weighted by Crippen LogP contribution is -2.23. The molecule has 0 aromatic heterocycles. The van der Waals surface area contributed by atoms with E-state index in [9.17, 15) is 4.39 Å². The molecule has 1 unspecified atom stereocenters. The molecule has 0 bridgehead atoms. The van der Waals surface area contributed by atoms with Crippen LogP contribution in [0.3, 0.4) is 0 Å². The molecular weight excluding hydrogens is 329 g/mol. The molecule has 2 aromatic carbocycles. The van der Waals surface area contributed by atoms with Gasteiger partial charge in [-0.2, -0.15) is 0 Å². The van der Waals surface area contributed by atoms with Crippen LogP contribution in [0.4, 0.5) is 4.39 Å². The molecule has 112 valence electrons. The molecule has 1 N–H and O–H groups in total. The van der Waals surface area contributed by atoms with Crippen molar-refractivity contribution in [2.75, 3.05) is 6.54 Å². The van der Waals surface area contributed by atoms with E-state index in [-0.39, 0.29) is 11.9 Å². The Morgan fingerprint density at radius 1 is 1.10 bits per heavy atom. The van der Waals surface area contributed by atoms with Crippen LogP contribution in [0.2, 0.25) is 0 Å². The van der Waals surface area contributed by atoms with Gasteiger partial charge in [0.2, 0.25) is 0 Å². The molecule has 2 rings (SSSR count). The molecule has 1 atom stereocenters. The molecular formula is C18H21BrFN. The van der Waals surface area contributed by atoms with Gasteiger partial charge in [-0.15, -0.1) is 0 Å². The van der Waals surface area contributed by atoms with Gasteiger partial charge in [-0.3, -0.25) is 0 Å². The highest BCUT2D eigenvalue weighted by molar-refractivity contribution is 9.10. The van der Waals surface area contributed by atoms with E-state index in [1.807, 2.05) is 0 Å². The summed E-state index contributed by atoms with van der Waals surface area (Å²) in [6.45, 7) is 7.21. The van der Waals surface area contributed by atoms with E-state index in [2.05, 4.69) is 60.2 Å². The molecule has 0 saturated carbocycles. The van der Waals surface area contributed by atoms with E-state index >= 15 is 0 Å². The van der Waals surface area contributed by atoms with E-state index in [4.69, 9.17) is 0 Å². The van der Waals surface area contributed by atoms with Crippen LogP contribution in [0, 0.1) is 19.7 Å². The van der Waals surface area contributed by atoms with Crippen LogP contribution in [-0.2, 0) is 6.42 Å². The van der Waals surface area contributed by atoms with Crippen molar-refractivity contribution in [3.05, 3.63) is 68.9 Å².